The lowest BCUT2D eigenvalue weighted by Crippen LogP contribution is -2.47. The number of fused-ring (bicyclic) bond motifs is 1. The molecule has 3 heterocycles. The van der Waals surface area contributed by atoms with Gasteiger partial charge in [-0.25, -0.2) is 4.98 Å². The van der Waals surface area contributed by atoms with Crippen molar-refractivity contribution in [2.75, 3.05) is 42.9 Å². The summed E-state index contributed by atoms with van der Waals surface area (Å²) in [4.78, 5) is 29.7. The zero-order valence-electron chi connectivity index (χ0n) is 21.1. The molecule has 1 amide bonds. The Morgan fingerprint density at radius 3 is 2.25 bits per heavy atom. The molecule has 2 aliphatic heterocycles. The maximum Gasteiger partial charge on any atom is 0.273 e. The summed E-state index contributed by atoms with van der Waals surface area (Å²) in [6.07, 6.45) is 0. The number of carbonyl (C=O) groups excluding carboxylic acids is 1. The maximum absolute atomic E-state index is 13.4. The van der Waals surface area contributed by atoms with Crippen LogP contribution in [0.4, 0.5) is 11.8 Å². The van der Waals surface area contributed by atoms with Gasteiger partial charge >= 0.3 is 0 Å². The van der Waals surface area contributed by atoms with Gasteiger partial charge in [0.1, 0.15) is 11.5 Å². The van der Waals surface area contributed by atoms with Crippen LogP contribution in [0.5, 0.6) is 0 Å². The van der Waals surface area contributed by atoms with Crippen molar-refractivity contribution >= 4 is 29.3 Å². The number of rotatable bonds is 7. The highest BCUT2D eigenvalue weighted by Gasteiger charge is 2.35. The van der Waals surface area contributed by atoms with Crippen LogP contribution in [0.2, 0.25) is 5.02 Å². The number of piperazine rings is 1. The summed E-state index contributed by atoms with van der Waals surface area (Å²) in [7, 11) is 0. The van der Waals surface area contributed by atoms with E-state index >= 15 is 0 Å². The molecule has 8 heteroatoms. The molecule has 1 fully saturated rings. The Kier molecular flexibility index (Phi) is 7.12. The summed E-state index contributed by atoms with van der Waals surface area (Å²) in [5, 5.41) is 4.40. The van der Waals surface area contributed by atoms with Crippen LogP contribution in [0.25, 0.3) is 0 Å². The van der Waals surface area contributed by atoms with Crippen LogP contribution in [0, 0.1) is 0 Å². The van der Waals surface area contributed by atoms with Crippen molar-refractivity contribution in [1.29, 1.82) is 0 Å². The number of halogens is 1. The van der Waals surface area contributed by atoms with E-state index in [1.165, 1.54) is 0 Å². The molecule has 1 N–H and O–H groups in total. The van der Waals surface area contributed by atoms with Crippen LogP contribution in [0.15, 0.2) is 54.6 Å². The SMILES string of the molecule is CCN1CCN(c2nc(NC(c3ccccc3)c3ccc(Cl)cc3)c3c(n2)C(=O)N(C(C)C)C3)CC1. The molecule has 188 valence electrons. The van der Waals surface area contributed by atoms with Gasteiger partial charge in [0.2, 0.25) is 5.95 Å². The molecule has 0 saturated carbocycles. The molecule has 5 rings (SSSR count). The molecule has 0 bridgehead atoms. The predicted molar refractivity (Wildman–Crippen MR) is 145 cm³/mol. The Balaban J connectivity index is 1.56. The maximum atomic E-state index is 13.4. The standard InChI is InChI=1S/C28H33ClN6O/c1-4-33-14-16-34(17-15-33)28-31-25-23(18-35(19(2)3)27(25)36)26(32-28)30-24(20-8-6-5-7-9-20)21-10-12-22(29)13-11-21/h5-13,19,24H,4,14-18H2,1-3H3,(H,30,31,32). The molecule has 0 radical (unpaired) electrons. The number of nitrogens with zero attached hydrogens (tertiary/aromatic N) is 5. The third kappa shape index (κ3) is 4.90. The van der Waals surface area contributed by atoms with Crippen LogP contribution < -0.4 is 10.2 Å². The molecule has 2 aromatic carbocycles. The Labute approximate surface area is 218 Å². The first-order valence-corrected chi connectivity index (χ1v) is 13.1. The van der Waals surface area contributed by atoms with Gasteiger partial charge in [-0.3, -0.25) is 4.79 Å². The number of benzene rings is 2. The van der Waals surface area contributed by atoms with Gasteiger partial charge in [-0.1, -0.05) is 61.0 Å². The lowest BCUT2D eigenvalue weighted by molar-refractivity contribution is 0.0726. The van der Waals surface area contributed by atoms with Crippen LogP contribution in [-0.2, 0) is 6.54 Å². The van der Waals surface area contributed by atoms with E-state index in [2.05, 4.69) is 34.2 Å². The zero-order valence-corrected chi connectivity index (χ0v) is 21.9. The van der Waals surface area contributed by atoms with Crippen LogP contribution in [-0.4, -0.2) is 64.4 Å². The molecule has 7 nitrogen and oxygen atoms in total. The number of nitrogens with one attached hydrogen (secondary N) is 1. The number of likely N-dealkylation sites (N-methyl/N-ethyl adjacent to an activating group) is 1. The van der Waals surface area contributed by atoms with Gasteiger partial charge < -0.3 is 20.0 Å². The predicted octanol–water partition coefficient (Wildman–Crippen LogP) is 4.84. The minimum atomic E-state index is -0.157. The number of hydrogen-bond donors (Lipinski definition) is 1. The summed E-state index contributed by atoms with van der Waals surface area (Å²) in [5.74, 6) is 1.31. The zero-order chi connectivity index (χ0) is 25.2. The van der Waals surface area contributed by atoms with Crippen LogP contribution in [0.3, 0.4) is 0 Å². The van der Waals surface area contributed by atoms with E-state index in [1.54, 1.807) is 0 Å². The summed E-state index contributed by atoms with van der Waals surface area (Å²) in [5.41, 5.74) is 3.55. The number of aromatic nitrogens is 2. The van der Waals surface area contributed by atoms with Crippen molar-refractivity contribution in [2.24, 2.45) is 0 Å². The van der Waals surface area contributed by atoms with E-state index in [1.807, 2.05) is 61.2 Å². The van der Waals surface area contributed by atoms with Crippen molar-refractivity contribution in [2.45, 2.75) is 39.4 Å². The second-order valence-corrected chi connectivity index (χ2v) is 10.1. The molecule has 1 aromatic heterocycles. The largest absolute Gasteiger partial charge is 0.359 e. The first-order chi connectivity index (χ1) is 17.4. The van der Waals surface area contributed by atoms with Crippen molar-refractivity contribution < 1.29 is 4.79 Å². The van der Waals surface area contributed by atoms with Crippen molar-refractivity contribution in [3.63, 3.8) is 0 Å². The van der Waals surface area contributed by atoms with Crippen molar-refractivity contribution in [3.8, 4) is 0 Å². The van der Waals surface area contributed by atoms with Crippen LogP contribution >= 0.6 is 11.6 Å². The van der Waals surface area contributed by atoms with Gasteiger partial charge in [0, 0.05) is 42.8 Å². The normalized spacial score (nSPS) is 17.0. The van der Waals surface area contributed by atoms with Crippen LogP contribution in [0.1, 0.15) is 54.0 Å². The fraction of sp³-hybridized carbons (Fsp3) is 0.393. The third-order valence-electron chi connectivity index (χ3n) is 7.13. The molecule has 1 atom stereocenters. The van der Waals surface area contributed by atoms with Gasteiger partial charge in [0.15, 0.2) is 0 Å². The van der Waals surface area contributed by atoms with Gasteiger partial charge in [0.25, 0.3) is 5.91 Å². The third-order valence-corrected chi connectivity index (χ3v) is 7.38. The molecule has 0 spiro atoms. The summed E-state index contributed by atoms with van der Waals surface area (Å²) < 4.78 is 0. The second-order valence-electron chi connectivity index (χ2n) is 9.69. The Morgan fingerprint density at radius 1 is 0.944 bits per heavy atom. The number of hydrogen-bond acceptors (Lipinski definition) is 6. The fourth-order valence-electron chi connectivity index (χ4n) is 4.92. The summed E-state index contributed by atoms with van der Waals surface area (Å²) in [6, 6.07) is 18.1. The Hall–Kier alpha value is -3.16. The van der Waals surface area contributed by atoms with E-state index in [4.69, 9.17) is 21.6 Å². The van der Waals surface area contributed by atoms with Gasteiger partial charge in [-0.15, -0.1) is 0 Å². The molecule has 2 aliphatic rings. The highest BCUT2D eigenvalue weighted by Crippen LogP contribution is 2.34. The number of anilines is 2. The topological polar surface area (TPSA) is 64.6 Å². The molecular weight excluding hydrogens is 472 g/mol. The van der Waals surface area contributed by atoms with Gasteiger partial charge in [-0.2, -0.15) is 4.98 Å². The Morgan fingerprint density at radius 2 is 1.61 bits per heavy atom. The molecule has 1 saturated heterocycles. The Bertz CT molecular complexity index is 1210. The van der Waals surface area contributed by atoms with Gasteiger partial charge in [0.05, 0.1) is 12.6 Å². The highest BCUT2D eigenvalue weighted by atomic mass is 35.5. The van der Waals surface area contributed by atoms with E-state index in [9.17, 15) is 4.79 Å². The quantitative estimate of drug-likeness (QED) is 0.497. The van der Waals surface area contributed by atoms with E-state index in [0.717, 1.165) is 49.4 Å². The average Bonchev–Trinajstić information content (AvgIpc) is 3.25. The first kappa shape index (κ1) is 24.5. The molecular formula is C28H33ClN6O. The lowest BCUT2D eigenvalue weighted by Gasteiger charge is -2.34. The first-order valence-electron chi connectivity index (χ1n) is 12.7. The summed E-state index contributed by atoms with van der Waals surface area (Å²) >= 11 is 6.20. The number of carbonyl (C=O) groups is 1. The van der Waals surface area contributed by atoms with E-state index in [-0.39, 0.29) is 18.0 Å². The monoisotopic (exact) mass is 504 g/mol. The molecule has 0 aliphatic carbocycles. The molecule has 36 heavy (non-hydrogen) atoms. The highest BCUT2D eigenvalue weighted by molar-refractivity contribution is 6.30. The van der Waals surface area contributed by atoms with Crippen molar-refractivity contribution in [3.05, 3.63) is 82.0 Å². The fourth-order valence-corrected chi connectivity index (χ4v) is 5.04. The summed E-state index contributed by atoms with van der Waals surface area (Å²) in [6.45, 7) is 11.4. The lowest BCUT2D eigenvalue weighted by atomic mass is 9.98. The smallest absolute Gasteiger partial charge is 0.273 e. The minimum Gasteiger partial charge on any atom is -0.359 e. The van der Waals surface area contributed by atoms with E-state index < -0.39 is 0 Å². The van der Waals surface area contributed by atoms with Crippen molar-refractivity contribution in [1.82, 2.24) is 19.8 Å². The number of amides is 1. The second kappa shape index (κ2) is 10.4. The minimum absolute atomic E-state index is 0.0263. The molecule has 1 unspecified atom stereocenters. The average molecular weight is 505 g/mol. The van der Waals surface area contributed by atoms with E-state index in [0.29, 0.717) is 29.0 Å². The molecule has 3 aromatic rings. The van der Waals surface area contributed by atoms with Gasteiger partial charge in [-0.05, 0) is 43.7 Å².